The molecule has 0 unspecified atom stereocenters. The third-order valence-corrected chi connectivity index (χ3v) is 4.17. The summed E-state index contributed by atoms with van der Waals surface area (Å²) in [7, 11) is 0. The first kappa shape index (κ1) is 22.0. The van der Waals surface area contributed by atoms with Gasteiger partial charge in [-0.15, -0.1) is 0 Å². The smallest absolute Gasteiger partial charge is 0.398 e. The second-order valence-electron chi connectivity index (χ2n) is 6.32. The molecule has 0 aliphatic carbocycles. The Labute approximate surface area is 161 Å². The molecule has 0 bridgehead atoms. The molecule has 0 N–H and O–H groups in total. The summed E-state index contributed by atoms with van der Waals surface area (Å²) in [5.41, 5.74) is -0.104. The van der Waals surface area contributed by atoms with Gasteiger partial charge in [-0.05, 0) is 49.1 Å². The first-order chi connectivity index (χ1) is 13.3. The highest BCUT2D eigenvalue weighted by Gasteiger charge is 2.32. The van der Waals surface area contributed by atoms with E-state index in [0.29, 0.717) is 0 Å². The minimum atomic E-state index is -3.58. The first-order valence-electron chi connectivity index (χ1n) is 9.15. The van der Waals surface area contributed by atoms with E-state index in [9.17, 15) is 22.0 Å². The maximum atomic E-state index is 14.2. The van der Waals surface area contributed by atoms with Gasteiger partial charge in [-0.1, -0.05) is 31.5 Å². The normalized spacial score (nSPS) is 11.7. The Morgan fingerprint density at radius 3 is 2.21 bits per heavy atom. The van der Waals surface area contributed by atoms with Gasteiger partial charge in [0.1, 0.15) is 5.75 Å². The van der Waals surface area contributed by atoms with Crippen molar-refractivity contribution >= 4 is 0 Å². The fourth-order valence-electron chi connectivity index (χ4n) is 2.85. The molecule has 0 spiro atoms. The average molecular weight is 402 g/mol. The van der Waals surface area contributed by atoms with E-state index in [-0.39, 0.29) is 23.7 Å². The molecule has 0 atom stereocenters. The molecule has 0 saturated carbocycles. The Morgan fingerprint density at radius 1 is 0.964 bits per heavy atom. The number of ether oxygens (including phenoxy) is 2. The summed E-state index contributed by atoms with van der Waals surface area (Å²) in [6.07, 6.45) is -6.30. The summed E-state index contributed by atoms with van der Waals surface area (Å²) in [5, 5.41) is 0. The van der Waals surface area contributed by atoms with Crippen LogP contribution >= 0.6 is 0 Å². The van der Waals surface area contributed by atoms with Crippen LogP contribution in [0, 0.1) is 5.82 Å². The van der Waals surface area contributed by atoms with Crippen molar-refractivity contribution in [2.45, 2.75) is 52.1 Å². The lowest BCUT2D eigenvalue weighted by Crippen LogP contribution is -2.25. The molecule has 2 rings (SSSR count). The number of rotatable bonds is 10. The zero-order valence-electron chi connectivity index (χ0n) is 15.8. The Balaban J connectivity index is 2.09. The van der Waals surface area contributed by atoms with E-state index in [1.807, 2.05) is 6.92 Å². The van der Waals surface area contributed by atoms with Gasteiger partial charge in [0.05, 0.1) is 18.6 Å². The quantitative estimate of drug-likeness (QED) is 0.411. The van der Waals surface area contributed by atoms with E-state index in [0.717, 1.165) is 18.4 Å². The van der Waals surface area contributed by atoms with Crippen molar-refractivity contribution in [2.24, 2.45) is 0 Å². The predicted octanol–water partition coefficient (Wildman–Crippen LogP) is 6.72. The zero-order chi connectivity index (χ0) is 20.7. The van der Waals surface area contributed by atoms with Crippen LogP contribution in [0.2, 0.25) is 0 Å². The van der Waals surface area contributed by atoms with Crippen LogP contribution in [0.15, 0.2) is 36.4 Å². The van der Waals surface area contributed by atoms with Crippen LogP contribution in [-0.4, -0.2) is 12.7 Å². The summed E-state index contributed by atoms with van der Waals surface area (Å²) in [4.78, 5) is 0. The van der Waals surface area contributed by atoms with Crippen LogP contribution in [0.5, 0.6) is 11.5 Å². The van der Waals surface area contributed by atoms with Crippen molar-refractivity contribution in [3.05, 3.63) is 58.9 Å². The van der Waals surface area contributed by atoms with Gasteiger partial charge in [0.2, 0.25) is 0 Å². The van der Waals surface area contributed by atoms with Gasteiger partial charge in [-0.2, -0.15) is 8.78 Å². The van der Waals surface area contributed by atoms with E-state index < -0.39 is 36.8 Å². The van der Waals surface area contributed by atoms with Gasteiger partial charge in [0.15, 0.2) is 11.6 Å². The van der Waals surface area contributed by atoms with Crippen molar-refractivity contribution in [2.75, 3.05) is 6.61 Å². The van der Waals surface area contributed by atoms with Crippen molar-refractivity contribution in [1.82, 2.24) is 0 Å². The van der Waals surface area contributed by atoms with E-state index >= 15 is 0 Å². The number of hydrogen-bond donors (Lipinski definition) is 0. The molecule has 0 saturated heterocycles. The third kappa shape index (κ3) is 5.84. The highest BCUT2D eigenvalue weighted by atomic mass is 19.3. The number of aryl methyl sites for hydroxylation is 2. The molecule has 28 heavy (non-hydrogen) atoms. The van der Waals surface area contributed by atoms with E-state index in [1.165, 1.54) is 24.3 Å². The van der Waals surface area contributed by atoms with Crippen molar-refractivity contribution < 1.29 is 31.4 Å². The van der Waals surface area contributed by atoms with Crippen LogP contribution in [-0.2, 0) is 12.8 Å². The Morgan fingerprint density at radius 2 is 1.64 bits per heavy atom. The van der Waals surface area contributed by atoms with Crippen LogP contribution in [0.4, 0.5) is 22.0 Å². The molecule has 2 nitrogen and oxygen atoms in total. The monoisotopic (exact) mass is 402 g/mol. The Kier molecular flexibility index (Phi) is 7.66. The van der Waals surface area contributed by atoms with Gasteiger partial charge in [0, 0.05) is 0 Å². The summed E-state index contributed by atoms with van der Waals surface area (Å²) < 4.78 is 78.7. The SMILES string of the molecule is CCCc1ccc(OC(F)(F)CCc2ccc(OCC)c(F)c2C(F)F)cc1. The molecule has 0 radical (unpaired) electrons. The number of alkyl halides is 4. The van der Waals surface area contributed by atoms with Crippen molar-refractivity contribution in [1.29, 1.82) is 0 Å². The van der Waals surface area contributed by atoms with Gasteiger partial charge in [-0.25, -0.2) is 13.2 Å². The van der Waals surface area contributed by atoms with Crippen LogP contribution in [0.25, 0.3) is 0 Å². The summed E-state index contributed by atoms with van der Waals surface area (Å²) >= 11 is 0. The van der Waals surface area contributed by atoms with Gasteiger partial charge in [0.25, 0.3) is 6.43 Å². The van der Waals surface area contributed by atoms with E-state index in [1.54, 1.807) is 19.1 Å². The number of hydrogen-bond acceptors (Lipinski definition) is 2. The van der Waals surface area contributed by atoms with Gasteiger partial charge >= 0.3 is 6.11 Å². The fraction of sp³-hybridized carbons (Fsp3) is 0.429. The molecule has 0 aromatic heterocycles. The maximum Gasteiger partial charge on any atom is 0.398 e. The highest BCUT2D eigenvalue weighted by molar-refractivity contribution is 5.39. The largest absolute Gasteiger partial charge is 0.491 e. The predicted molar refractivity (Wildman–Crippen MR) is 96.9 cm³/mol. The minimum absolute atomic E-state index is 0.0168. The number of benzene rings is 2. The Bertz CT molecular complexity index is 760. The van der Waals surface area contributed by atoms with Gasteiger partial charge < -0.3 is 9.47 Å². The maximum absolute atomic E-state index is 14.2. The molecule has 0 amide bonds. The fourth-order valence-corrected chi connectivity index (χ4v) is 2.85. The van der Waals surface area contributed by atoms with E-state index in [4.69, 9.17) is 9.47 Å². The van der Waals surface area contributed by atoms with E-state index in [2.05, 4.69) is 0 Å². The van der Waals surface area contributed by atoms with Crippen molar-refractivity contribution in [3.63, 3.8) is 0 Å². The molecular formula is C21H23F5O2. The molecule has 0 aliphatic heterocycles. The lowest BCUT2D eigenvalue weighted by molar-refractivity contribution is -0.180. The van der Waals surface area contributed by atoms with Crippen molar-refractivity contribution in [3.8, 4) is 11.5 Å². The summed E-state index contributed by atoms with van der Waals surface area (Å²) in [5.74, 6) is -1.56. The summed E-state index contributed by atoms with van der Waals surface area (Å²) in [6, 6.07) is 8.65. The molecule has 0 fully saturated rings. The minimum Gasteiger partial charge on any atom is -0.491 e. The summed E-state index contributed by atoms with van der Waals surface area (Å²) in [6.45, 7) is 3.69. The van der Waals surface area contributed by atoms with Gasteiger partial charge in [-0.3, -0.25) is 0 Å². The average Bonchev–Trinajstić information content (AvgIpc) is 2.63. The molecule has 0 aliphatic rings. The zero-order valence-corrected chi connectivity index (χ0v) is 15.8. The number of halogens is 5. The molecular weight excluding hydrogens is 379 g/mol. The van der Waals surface area contributed by atoms with Crippen LogP contribution < -0.4 is 9.47 Å². The highest BCUT2D eigenvalue weighted by Crippen LogP contribution is 2.34. The molecule has 0 heterocycles. The van der Waals surface area contributed by atoms with Crippen LogP contribution in [0.3, 0.4) is 0 Å². The standard InChI is InChI=1S/C21H23F5O2/c1-3-5-14-6-9-16(10-7-14)28-21(25,26)13-12-15-8-11-17(27-4-2)19(22)18(15)20(23)24/h6-11,20H,3-5,12-13H2,1-2H3. The Hall–Kier alpha value is -2.31. The molecule has 2 aromatic rings. The first-order valence-corrected chi connectivity index (χ1v) is 9.15. The topological polar surface area (TPSA) is 18.5 Å². The lowest BCUT2D eigenvalue weighted by Gasteiger charge is -2.19. The molecule has 2 aromatic carbocycles. The third-order valence-electron chi connectivity index (χ3n) is 4.17. The second kappa shape index (κ2) is 9.75. The molecule has 7 heteroatoms. The second-order valence-corrected chi connectivity index (χ2v) is 6.32. The lowest BCUT2D eigenvalue weighted by atomic mass is 10.0. The van der Waals surface area contributed by atoms with Crippen LogP contribution in [0.1, 0.15) is 49.8 Å². The molecule has 154 valence electrons.